The van der Waals surface area contributed by atoms with Crippen LogP contribution in [0.3, 0.4) is 0 Å². The van der Waals surface area contributed by atoms with Crippen molar-refractivity contribution < 1.29 is 4.92 Å². The second kappa shape index (κ2) is 5.88. The van der Waals surface area contributed by atoms with Crippen LogP contribution in [0.15, 0.2) is 41.5 Å². The molecule has 0 aliphatic carbocycles. The van der Waals surface area contributed by atoms with E-state index >= 15 is 0 Å². The fraction of sp³-hybridized carbons (Fsp3) is 0.222. The van der Waals surface area contributed by atoms with Crippen LogP contribution in [0, 0.1) is 30.9 Å². The van der Waals surface area contributed by atoms with Crippen molar-refractivity contribution in [2.75, 3.05) is 0 Å². The predicted molar refractivity (Wildman–Crippen MR) is 92.4 cm³/mol. The van der Waals surface area contributed by atoms with Crippen molar-refractivity contribution in [3.8, 4) is 0 Å². The zero-order valence-corrected chi connectivity index (χ0v) is 13.7. The maximum atomic E-state index is 12.7. The Kier molecular flexibility index (Phi) is 3.89. The summed E-state index contributed by atoms with van der Waals surface area (Å²) in [6.45, 7) is 6.45. The van der Waals surface area contributed by atoms with Crippen molar-refractivity contribution in [3.63, 3.8) is 0 Å². The Morgan fingerprint density at radius 3 is 2.42 bits per heavy atom. The summed E-state index contributed by atoms with van der Waals surface area (Å²) in [6, 6.07) is 8.30. The van der Waals surface area contributed by atoms with Gasteiger partial charge in [-0.3, -0.25) is 19.5 Å². The lowest BCUT2D eigenvalue weighted by Crippen LogP contribution is -2.22. The maximum absolute atomic E-state index is 12.7. The van der Waals surface area contributed by atoms with Crippen LogP contribution < -0.4 is 5.56 Å². The molecule has 122 valence electrons. The average Bonchev–Trinajstić information content (AvgIpc) is 2.52. The van der Waals surface area contributed by atoms with Gasteiger partial charge in [-0.25, -0.2) is 4.98 Å². The summed E-state index contributed by atoms with van der Waals surface area (Å²) in [6.07, 6.45) is 1.50. The quantitative estimate of drug-likeness (QED) is 0.547. The van der Waals surface area contributed by atoms with Gasteiger partial charge in [0.25, 0.3) is 11.2 Å². The van der Waals surface area contributed by atoms with Crippen LogP contribution in [0.25, 0.3) is 10.9 Å². The third-order valence-corrected chi connectivity index (χ3v) is 4.19. The van der Waals surface area contributed by atoms with E-state index in [4.69, 9.17) is 0 Å². The van der Waals surface area contributed by atoms with E-state index in [-0.39, 0.29) is 16.6 Å². The highest BCUT2D eigenvalue weighted by Crippen LogP contribution is 2.19. The predicted octanol–water partition coefficient (Wildman–Crippen LogP) is 3.28. The molecule has 0 N–H and O–H groups in total. The van der Waals surface area contributed by atoms with E-state index in [0.717, 1.165) is 16.7 Å². The monoisotopic (exact) mass is 323 g/mol. The number of fused-ring (bicyclic) bond motifs is 1. The van der Waals surface area contributed by atoms with Crippen molar-refractivity contribution in [2.45, 2.75) is 27.3 Å². The first kappa shape index (κ1) is 15.9. The molecule has 1 heterocycles. The van der Waals surface area contributed by atoms with Crippen molar-refractivity contribution >= 4 is 16.6 Å². The van der Waals surface area contributed by atoms with Crippen LogP contribution in [0.2, 0.25) is 0 Å². The zero-order valence-electron chi connectivity index (χ0n) is 13.7. The van der Waals surface area contributed by atoms with Gasteiger partial charge in [-0.05, 0) is 43.5 Å². The molecule has 0 radical (unpaired) electrons. The summed E-state index contributed by atoms with van der Waals surface area (Å²) in [7, 11) is 0. The lowest BCUT2D eigenvalue weighted by Gasteiger charge is -2.13. The van der Waals surface area contributed by atoms with Crippen LogP contribution >= 0.6 is 0 Å². The molecule has 0 saturated heterocycles. The lowest BCUT2D eigenvalue weighted by molar-refractivity contribution is -0.384. The molecule has 6 nitrogen and oxygen atoms in total. The largest absolute Gasteiger partial charge is 0.294 e. The number of benzene rings is 2. The summed E-state index contributed by atoms with van der Waals surface area (Å²) in [4.78, 5) is 27.4. The molecule has 0 unspecified atom stereocenters. The third-order valence-electron chi connectivity index (χ3n) is 4.19. The molecule has 2 aromatic carbocycles. The molecular weight excluding hydrogens is 306 g/mol. The highest BCUT2D eigenvalue weighted by atomic mass is 16.6. The Hall–Kier alpha value is -3.02. The molecule has 6 heteroatoms. The number of aryl methyl sites for hydroxylation is 3. The van der Waals surface area contributed by atoms with Gasteiger partial charge in [0.2, 0.25) is 0 Å². The molecule has 0 atom stereocenters. The van der Waals surface area contributed by atoms with E-state index < -0.39 is 4.92 Å². The second-order valence-corrected chi connectivity index (χ2v) is 6.01. The van der Waals surface area contributed by atoms with Crippen molar-refractivity contribution in [1.29, 1.82) is 0 Å². The fourth-order valence-corrected chi connectivity index (χ4v) is 3.00. The summed E-state index contributed by atoms with van der Waals surface area (Å²) in [5.41, 5.74) is 4.53. The Morgan fingerprint density at radius 1 is 1.12 bits per heavy atom. The molecule has 0 fully saturated rings. The van der Waals surface area contributed by atoms with Gasteiger partial charge in [0.15, 0.2) is 0 Å². The minimum Gasteiger partial charge on any atom is -0.294 e. The standard InChI is InChI=1S/C18H17N3O3/c1-11-6-12(2)16(13(3)7-11)9-20-10-19-17-5-4-14(21(23)24)8-15(17)18(20)22/h4-8,10H,9H2,1-3H3. The molecular formula is C18H17N3O3. The number of hydrogen-bond acceptors (Lipinski definition) is 4. The van der Waals surface area contributed by atoms with E-state index in [2.05, 4.69) is 17.1 Å². The number of non-ortho nitro benzene ring substituents is 1. The summed E-state index contributed by atoms with van der Waals surface area (Å²) >= 11 is 0. The first-order valence-electron chi connectivity index (χ1n) is 7.57. The van der Waals surface area contributed by atoms with Gasteiger partial charge in [-0.15, -0.1) is 0 Å². The topological polar surface area (TPSA) is 78.0 Å². The number of aromatic nitrogens is 2. The van der Waals surface area contributed by atoms with E-state index in [1.54, 1.807) is 0 Å². The van der Waals surface area contributed by atoms with Gasteiger partial charge in [0.05, 0.1) is 28.7 Å². The van der Waals surface area contributed by atoms with Gasteiger partial charge in [0, 0.05) is 12.1 Å². The van der Waals surface area contributed by atoms with Gasteiger partial charge in [0.1, 0.15) is 0 Å². The first-order valence-corrected chi connectivity index (χ1v) is 7.57. The van der Waals surface area contributed by atoms with Crippen LogP contribution in [0.1, 0.15) is 22.3 Å². The molecule has 0 amide bonds. The smallest absolute Gasteiger partial charge is 0.270 e. The fourth-order valence-electron chi connectivity index (χ4n) is 3.00. The molecule has 0 spiro atoms. The molecule has 0 aliphatic heterocycles. The van der Waals surface area contributed by atoms with E-state index in [9.17, 15) is 14.9 Å². The normalized spacial score (nSPS) is 11.0. The van der Waals surface area contributed by atoms with E-state index in [1.807, 2.05) is 20.8 Å². The van der Waals surface area contributed by atoms with Crippen LogP contribution in [-0.2, 0) is 6.54 Å². The Morgan fingerprint density at radius 2 is 1.79 bits per heavy atom. The summed E-state index contributed by atoms with van der Waals surface area (Å²) in [5, 5.41) is 11.2. The molecule has 3 aromatic rings. The zero-order chi connectivity index (χ0) is 17.4. The molecule has 0 bridgehead atoms. The van der Waals surface area contributed by atoms with E-state index in [0.29, 0.717) is 12.1 Å². The van der Waals surface area contributed by atoms with Gasteiger partial charge in [-0.2, -0.15) is 0 Å². The first-order chi connectivity index (χ1) is 11.4. The highest BCUT2D eigenvalue weighted by molar-refractivity contribution is 5.79. The number of rotatable bonds is 3. The minimum atomic E-state index is -0.509. The minimum absolute atomic E-state index is 0.109. The molecule has 0 aliphatic rings. The number of hydrogen-bond donors (Lipinski definition) is 0. The van der Waals surface area contributed by atoms with Gasteiger partial charge >= 0.3 is 0 Å². The SMILES string of the molecule is Cc1cc(C)c(Cn2cnc3ccc([N+](=O)[O-])cc3c2=O)c(C)c1. The average molecular weight is 323 g/mol. The number of nitro groups is 1. The van der Waals surface area contributed by atoms with Crippen LogP contribution in [0.5, 0.6) is 0 Å². The summed E-state index contributed by atoms with van der Waals surface area (Å²) < 4.78 is 1.50. The Bertz CT molecular complexity index is 999. The molecule has 3 rings (SSSR count). The maximum Gasteiger partial charge on any atom is 0.270 e. The summed E-state index contributed by atoms with van der Waals surface area (Å²) in [5.74, 6) is 0. The van der Waals surface area contributed by atoms with Crippen LogP contribution in [0.4, 0.5) is 5.69 Å². The molecule has 24 heavy (non-hydrogen) atoms. The number of nitrogens with zero attached hydrogens (tertiary/aromatic N) is 3. The Balaban J connectivity index is 2.13. The van der Waals surface area contributed by atoms with Crippen molar-refractivity contribution in [3.05, 3.63) is 79.4 Å². The molecule has 1 aromatic heterocycles. The highest BCUT2D eigenvalue weighted by Gasteiger charge is 2.12. The second-order valence-electron chi connectivity index (χ2n) is 6.01. The van der Waals surface area contributed by atoms with Gasteiger partial charge < -0.3 is 0 Å². The van der Waals surface area contributed by atoms with Crippen LogP contribution in [-0.4, -0.2) is 14.5 Å². The third kappa shape index (κ3) is 2.78. The molecule has 0 saturated carbocycles. The van der Waals surface area contributed by atoms with Crippen molar-refractivity contribution in [2.24, 2.45) is 0 Å². The van der Waals surface area contributed by atoms with E-state index in [1.165, 1.54) is 34.7 Å². The van der Waals surface area contributed by atoms with Crippen molar-refractivity contribution in [1.82, 2.24) is 9.55 Å². The number of nitro benzene ring substituents is 1. The Labute approximate surface area is 138 Å². The van der Waals surface area contributed by atoms with Gasteiger partial charge in [-0.1, -0.05) is 17.7 Å². The lowest BCUT2D eigenvalue weighted by atomic mass is 10.00.